The van der Waals surface area contributed by atoms with Crippen LogP contribution in [0.4, 0.5) is 5.69 Å². The smallest absolute Gasteiger partial charge is 0.354 e. The van der Waals surface area contributed by atoms with Crippen molar-refractivity contribution in [1.29, 1.82) is 0 Å². The van der Waals surface area contributed by atoms with Crippen LogP contribution in [0.3, 0.4) is 0 Å². The quantitative estimate of drug-likeness (QED) is 0.507. The van der Waals surface area contributed by atoms with E-state index < -0.39 is 11.9 Å². The third-order valence-corrected chi connectivity index (χ3v) is 3.37. The third-order valence-electron chi connectivity index (χ3n) is 3.37. The molecule has 0 amide bonds. The van der Waals surface area contributed by atoms with E-state index in [1.54, 1.807) is 18.2 Å². The van der Waals surface area contributed by atoms with Crippen LogP contribution >= 0.6 is 0 Å². The Kier molecular flexibility index (Phi) is 6.28. The average Bonchev–Trinajstić information content (AvgIpc) is 2.52. The zero-order valence-corrected chi connectivity index (χ0v) is 14.9. The molecule has 6 heteroatoms. The average molecular weight is 333 g/mol. The molecule has 0 aliphatic heterocycles. The number of methoxy groups -OCH3 is 2. The van der Waals surface area contributed by atoms with Crippen LogP contribution in [-0.4, -0.2) is 31.9 Å². The van der Waals surface area contributed by atoms with Gasteiger partial charge in [-0.05, 0) is 36.1 Å². The number of carbonyl (C=O) groups excluding carboxylic acids is 3. The monoisotopic (exact) mass is 333 g/mol. The summed E-state index contributed by atoms with van der Waals surface area (Å²) in [6.45, 7) is 7.45. The highest BCUT2D eigenvalue weighted by atomic mass is 16.5. The number of ether oxygens (including phenoxy) is 2. The molecule has 0 fully saturated rings. The first-order chi connectivity index (χ1) is 11.1. The molecule has 0 radical (unpaired) electrons. The Hall–Kier alpha value is -2.63. The molecule has 6 nitrogen and oxygen atoms in total. The van der Waals surface area contributed by atoms with Gasteiger partial charge in [-0.1, -0.05) is 20.8 Å². The Labute approximate surface area is 141 Å². The lowest BCUT2D eigenvalue weighted by Crippen LogP contribution is -2.20. The molecule has 0 unspecified atom stereocenters. The molecule has 0 aliphatic rings. The molecule has 0 saturated heterocycles. The van der Waals surface area contributed by atoms with Gasteiger partial charge in [0.1, 0.15) is 5.70 Å². The van der Waals surface area contributed by atoms with Gasteiger partial charge in [-0.2, -0.15) is 0 Å². The number of anilines is 1. The van der Waals surface area contributed by atoms with Crippen molar-refractivity contribution in [3.05, 3.63) is 41.1 Å². The van der Waals surface area contributed by atoms with Crippen molar-refractivity contribution in [2.45, 2.75) is 33.1 Å². The molecule has 130 valence electrons. The van der Waals surface area contributed by atoms with Crippen LogP contribution < -0.4 is 5.32 Å². The number of benzene rings is 1. The minimum atomic E-state index is -0.698. The van der Waals surface area contributed by atoms with Crippen molar-refractivity contribution in [2.24, 2.45) is 0 Å². The van der Waals surface area contributed by atoms with E-state index >= 15 is 0 Å². The molecule has 0 atom stereocenters. The predicted octanol–water partition coefficient (Wildman–Crippen LogP) is 2.83. The summed E-state index contributed by atoms with van der Waals surface area (Å²) < 4.78 is 9.24. The van der Waals surface area contributed by atoms with Gasteiger partial charge >= 0.3 is 11.9 Å². The third kappa shape index (κ3) is 4.94. The number of Topliss-reactive ketones (excluding diaryl/α,β-unsaturated/α-hetero) is 1. The predicted molar refractivity (Wildman–Crippen MR) is 90.9 cm³/mol. The number of carbonyl (C=O) groups is 3. The van der Waals surface area contributed by atoms with Gasteiger partial charge in [0.25, 0.3) is 0 Å². The van der Waals surface area contributed by atoms with E-state index in [-0.39, 0.29) is 16.9 Å². The van der Waals surface area contributed by atoms with E-state index in [4.69, 9.17) is 0 Å². The lowest BCUT2D eigenvalue weighted by atomic mass is 9.84. The van der Waals surface area contributed by atoms with Gasteiger partial charge in [0.15, 0.2) is 5.78 Å². The molecule has 0 aliphatic carbocycles. The Bertz CT molecular complexity index is 683. The Morgan fingerprint density at radius 2 is 1.71 bits per heavy atom. The van der Waals surface area contributed by atoms with Gasteiger partial charge in [-0.15, -0.1) is 0 Å². The zero-order valence-electron chi connectivity index (χ0n) is 14.9. The standard InChI is InChI=1S/C18H23NO5/c1-11(20)12-7-8-14(13(9-12)18(2,3)4)19-15(17(22)24-6)10-16(21)23-5/h7-10,19H,1-6H3/b15-10+. The van der Waals surface area contributed by atoms with Crippen LogP contribution in [0.15, 0.2) is 30.0 Å². The van der Waals surface area contributed by atoms with E-state index in [0.29, 0.717) is 11.3 Å². The first-order valence-electron chi connectivity index (χ1n) is 7.40. The second-order valence-corrected chi connectivity index (χ2v) is 6.26. The topological polar surface area (TPSA) is 81.7 Å². The van der Waals surface area contributed by atoms with E-state index in [1.807, 2.05) is 20.8 Å². The molecule has 0 saturated carbocycles. The highest BCUT2D eigenvalue weighted by Crippen LogP contribution is 2.31. The molecule has 24 heavy (non-hydrogen) atoms. The molecule has 0 aromatic heterocycles. The molecular formula is C18H23NO5. The van der Waals surface area contributed by atoms with Crippen molar-refractivity contribution in [3.63, 3.8) is 0 Å². The fourth-order valence-corrected chi connectivity index (χ4v) is 2.07. The first-order valence-corrected chi connectivity index (χ1v) is 7.40. The Morgan fingerprint density at radius 3 is 2.17 bits per heavy atom. The number of nitrogens with one attached hydrogen (secondary N) is 1. The van der Waals surface area contributed by atoms with Gasteiger partial charge in [-0.3, -0.25) is 4.79 Å². The maximum atomic E-state index is 11.9. The zero-order chi connectivity index (χ0) is 18.5. The van der Waals surface area contributed by atoms with Gasteiger partial charge in [0.2, 0.25) is 0 Å². The van der Waals surface area contributed by atoms with Crippen LogP contribution in [0.1, 0.15) is 43.6 Å². The normalized spacial score (nSPS) is 11.7. The molecular weight excluding hydrogens is 310 g/mol. The van der Waals surface area contributed by atoms with Crippen LogP contribution in [0, 0.1) is 0 Å². The van der Waals surface area contributed by atoms with Crippen molar-refractivity contribution < 1.29 is 23.9 Å². The summed E-state index contributed by atoms with van der Waals surface area (Å²) in [5, 5.41) is 2.91. The second kappa shape index (κ2) is 7.77. The molecule has 0 spiro atoms. The number of esters is 2. The van der Waals surface area contributed by atoms with Gasteiger partial charge in [-0.25, -0.2) is 9.59 Å². The fourth-order valence-electron chi connectivity index (χ4n) is 2.07. The van der Waals surface area contributed by atoms with Gasteiger partial charge < -0.3 is 14.8 Å². The molecule has 1 N–H and O–H groups in total. The van der Waals surface area contributed by atoms with Gasteiger partial charge in [0, 0.05) is 11.3 Å². The summed E-state index contributed by atoms with van der Waals surface area (Å²) in [5.74, 6) is -1.43. The minimum absolute atomic E-state index is 0.0505. The maximum absolute atomic E-state index is 11.9. The summed E-state index contributed by atoms with van der Waals surface area (Å²) in [5.41, 5.74) is 1.66. The maximum Gasteiger partial charge on any atom is 0.354 e. The van der Waals surface area contributed by atoms with Crippen molar-refractivity contribution in [1.82, 2.24) is 0 Å². The Morgan fingerprint density at radius 1 is 1.08 bits per heavy atom. The number of ketones is 1. The van der Waals surface area contributed by atoms with Crippen molar-refractivity contribution in [3.8, 4) is 0 Å². The highest BCUT2D eigenvalue weighted by molar-refractivity contribution is 5.99. The van der Waals surface area contributed by atoms with Gasteiger partial charge in [0.05, 0.1) is 20.3 Å². The molecule has 0 bridgehead atoms. The first kappa shape index (κ1) is 19.4. The van der Waals surface area contributed by atoms with Crippen LogP contribution in [-0.2, 0) is 24.5 Å². The van der Waals surface area contributed by atoms with Crippen molar-refractivity contribution in [2.75, 3.05) is 19.5 Å². The Balaban J connectivity index is 3.38. The minimum Gasteiger partial charge on any atom is -0.466 e. The summed E-state index contributed by atoms with van der Waals surface area (Å²) in [4.78, 5) is 35.0. The molecule has 1 rings (SSSR count). The largest absolute Gasteiger partial charge is 0.466 e. The van der Waals surface area contributed by atoms with Crippen LogP contribution in [0.25, 0.3) is 0 Å². The van der Waals surface area contributed by atoms with E-state index in [0.717, 1.165) is 11.6 Å². The van der Waals surface area contributed by atoms with Crippen LogP contribution in [0.5, 0.6) is 0 Å². The molecule has 1 aromatic rings. The lowest BCUT2D eigenvalue weighted by Gasteiger charge is -2.24. The summed E-state index contributed by atoms with van der Waals surface area (Å²) >= 11 is 0. The summed E-state index contributed by atoms with van der Waals surface area (Å²) in [6, 6.07) is 5.13. The van der Waals surface area contributed by atoms with E-state index in [9.17, 15) is 14.4 Å². The second-order valence-electron chi connectivity index (χ2n) is 6.26. The highest BCUT2D eigenvalue weighted by Gasteiger charge is 2.22. The lowest BCUT2D eigenvalue weighted by molar-refractivity contribution is -0.138. The van der Waals surface area contributed by atoms with E-state index in [2.05, 4.69) is 14.8 Å². The summed E-state index contributed by atoms with van der Waals surface area (Å²) in [7, 11) is 2.44. The fraction of sp³-hybridized carbons (Fsp3) is 0.389. The SMILES string of the molecule is COC(=O)/C=C(/Nc1ccc(C(C)=O)cc1C(C)(C)C)C(=O)OC. The number of rotatable bonds is 5. The molecule has 1 aromatic carbocycles. The summed E-state index contributed by atoms with van der Waals surface area (Å²) in [6.07, 6.45) is 1.02. The van der Waals surface area contributed by atoms with E-state index in [1.165, 1.54) is 21.1 Å². The van der Waals surface area contributed by atoms with Crippen molar-refractivity contribution >= 4 is 23.4 Å². The molecule has 0 heterocycles. The number of hydrogen-bond donors (Lipinski definition) is 1. The number of hydrogen-bond acceptors (Lipinski definition) is 6. The van der Waals surface area contributed by atoms with Crippen LogP contribution in [0.2, 0.25) is 0 Å².